The molecule has 21 heavy (non-hydrogen) atoms. The minimum absolute atomic E-state index is 0.0190. The number of nitrogens with one attached hydrogen (secondary N) is 1. The van der Waals surface area contributed by atoms with Crippen molar-refractivity contribution in [3.05, 3.63) is 28.8 Å². The van der Waals surface area contributed by atoms with Gasteiger partial charge in [-0.3, -0.25) is 0 Å². The number of carboxylic acids is 1. The summed E-state index contributed by atoms with van der Waals surface area (Å²) in [5.74, 6) is -1.25. The van der Waals surface area contributed by atoms with Crippen molar-refractivity contribution in [3.63, 3.8) is 0 Å². The van der Waals surface area contributed by atoms with Crippen LogP contribution in [0.1, 0.15) is 43.0 Å². The fourth-order valence-electron chi connectivity index (χ4n) is 2.50. The van der Waals surface area contributed by atoms with Crippen LogP contribution in [-0.4, -0.2) is 26.0 Å². The van der Waals surface area contributed by atoms with Crippen molar-refractivity contribution in [2.45, 2.75) is 37.5 Å². The van der Waals surface area contributed by atoms with Gasteiger partial charge in [-0.15, -0.1) is 0 Å². The molecule has 0 unspecified atom stereocenters. The maximum atomic E-state index is 12.3. The molecular formula is C14H18ClNO4S. The molecule has 1 aliphatic rings. The molecule has 116 valence electrons. The van der Waals surface area contributed by atoms with Crippen LogP contribution >= 0.6 is 11.6 Å². The van der Waals surface area contributed by atoms with Crippen molar-refractivity contribution < 1.29 is 18.3 Å². The molecule has 0 atom stereocenters. The average Bonchev–Trinajstić information content (AvgIpc) is 2.37. The van der Waals surface area contributed by atoms with Crippen molar-refractivity contribution in [1.29, 1.82) is 0 Å². The van der Waals surface area contributed by atoms with Crippen molar-refractivity contribution in [2.24, 2.45) is 5.41 Å². The number of carbonyl (C=O) groups is 1. The monoisotopic (exact) mass is 331 g/mol. The fraction of sp³-hybridized carbons (Fsp3) is 0.500. The second-order valence-electron chi connectivity index (χ2n) is 5.48. The summed E-state index contributed by atoms with van der Waals surface area (Å²) >= 11 is 5.75. The molecule has 5 nitrogen and oxygen atoms in total. The Morgan fingerprint density at radius 1 is 1.43 bits per heavy atom. The normalized spacial score (nSPS) is 17.2. The molecule has 0 bridgehead atoms. The number of halogens is 1. The Morgan fingerprint density at radius 3 is 2.57 bits per heavy atom. The van der Waals surface area contributed by atoms with Crippen LogP contribution < -0.4 is 4.72 Å². The van der Waals surface area contributed by atoms with Gasteiger partial charge in [0, 0.05) is 6.54 Å². The summed E-state index contributed by atoms with van der Waals surface area (Å²) in [6, 6.07) is 3.70. The molecule has 0 radical (unpaired) electrons. The maximum absolute atomic E-state index is 12.3. The number of aromatic carboxylic acids is 1. The first kappa shape index (κ1) is 16.3. The minimum Gasteiger partial charge on any atom is -0.478 e. The van der Waals surface area contributed by atoms with Crippen LogP contribution in [0, 0.1) is 5.41 Å². The third kappa shape index (κ3) is 3.39. The van der Waals surface area contributed by atoms with E-state index in [-0.39, 0.29) is 20.9 Å². The van der Waals surface area contributed by atoms with Crippen molar-refractivity contribution in [3.8, 4) is 0 Å². The molecule has 0 saturated heterocycles. The van der Waals surface area contributed by atoms with E-state index in [0.29, 0.717) is 6.54 Å². The SMILES string of the molecule is CCC1(CNS(=O)(=O)c2ccc(Cl)c(C(=O)O)c2)CCC1. The number of sulfonamides is 1. The van der Waals surface area contributed by atoms with E-state index in [2.05, 4.69) is 11.6 Å². The Hall–Kier alpha value is -1.11. The smallest absolute Gasteiger partial charge is 0.337 e. The third-order valence-electron chi connectivity index (χ3n) is 4.28. The van der Waals surface area contributed by atoms with E-state index in [1.54, 1.807) is 0 Å². The van der Waals surface area contributed by atoms with Crippen LogP contribution in [0.2, 0.25) is 5.02 Å². The Morgan fingerprint density at radius 2 is 2.10 bits per heavy atom. The second-order valence-corrected chi connectivity index (χ2v) is 7.65. The van der Waals surface area contributed by atoms with Gasteiger partial charge in [0.25, 0.3) is 0 Å². The summed E-state index contributed by atoms with van der Waals surface area (Å²) in [6.45, 7) is 2.44. The second kappa shape index (κ2) is 5.94. The highest BCUT2D eigenvalue weighted by molar-refractivity contribution is 7.89. The lowest BCUT2D eigenvalue weighted by atomic mass is 9.67. The lowest BCUT2D eigenvalue weighted by molar-refractivity contribution is 0.0697. The first-order valence-electron chi connectivity index (χ1n) is 6.82. The van der Waals surface area contributed by atoms with Gasteiger partial charge in [0.1, 0.15) is 0 Å². The summed E-state index contributed by atoms with van der Waals surface area (Å²) in [7, 11) is -3.72. The molecule has 2 rings (SSSR count). The molecule has 1 saturated carbocycles. The van der Waals surface area contributed by atoms with E-state index in [1.807, 2.05) is 0 Å². The highest BCUT2D eigenvalue weighted by Crippen LogP contribution is 2.43. The largest absolute Gasteiger partial charge is 0.478 e. The van der Waals surface area contributed by atoms with Crippen LogP contribution in [0.15, 0.2) is 23.1 Å². The van der Waals surface area contributed by atoms with Gasteiger partial charge in [-0.2, -0.15) is 0 Å². The van der Waals surface area contributed by atoms with E-state index in [1.165, 1.54) is 12.1 Å². The summed E-state index contributed by atoms with van der Waals surface area (Å²) < 4.78 is 27.1. The van der Waals surface area contributed by atoms with Crippen molar-refractivity contribution in [2.75, 3.05) is 6.54 Å². The van der Waals surface area contributed by atoms with Crippen LogP contribution in [0.25, 0.3) is 0 Å². The van der Waals surface area contributed by atoms with Crippen molar-refractivity contribution >= 4 is 27.6 Å². The van der Waals surface area contributed by atoms with Gasteiger partial charge >= 0.3 is 5.97 Å². The molecule has 1 aromatic rings. The molecule has 7 heteroatoms. The molecule has 0 amide bonds. The van der Waals surface area contributed by atoms with E-state index in [9.17, 15) is 13.2 Å². The molecule has 0 spiro atoms. The zero-order chi connectivity index (χ0) is 15.7. The standard InChI is InChI=1S/C14H18ClNO4S/c1-2-14(6-3-7-14)9-16-21(19,20)10-4-5-12(15)11(8-10)13(17)18/h4-5,8,16H,2-3,6-7,9H2,1H3,(H,17,18). The van der Waals surface area contributed by atoms with E-state index >= 15 is 0 Å². The number of hydrogen-bond donors (Lipinski definition) is 2. The molecule has 1 aliphatic carbocycles. The summed E-state index contributed by atoms with van der Waals surface area (Å²) in [5.41, 5.74) is -0.164. The van der Waals surface area contributed by atoms with Gasteiger partial charge in [0.15, 0.2) is 0 Å². The highest BCUT2D eigenvalue weighted by atomic mass is 35.5. The van der Waals surface area contributed by atoms with E-state index in [4.69, 9.17) is 16.7 Å². The first-order valence-corrected chi connectivity index (χ1v) is 8.68. The van der Waals surface area contributed by atoms with Gasteiger partial charge < -0.3 is 5.11 Å². The lowest BCUT2D eigenvalue weighted by Crippen LogP contribution is -2.41. The van der Waals surface area contributed by atoms with Gasteiger partial charge in [0.05, 0.1) is 15.5 Å². The molecular weight excluding hydrogens is 314 g/mol. The number of benzene rings is 1. The zero-order valence-electron chi connectivity index (χ0n) is 11.7. The summed E-state index contributed by atoms with van der Waals surface area (Å²) in [4.78, 5) is 10.9. The van der Waals surface area contributed by atoms with Crippen LogP contribution in [0.3, 0.4) is 0 Å². The predicted octanol–water partition coefficient (Wildman–Crippen LogP) is 2.90. The molecule has 1 aromatic carbocycles. The average molecular weight is 332 g/mol. The quantitative estimate of drug-likeness (QED) is 0.839. The number of hydrogen-bond acceptors (Lipinski definition) is 3. The lowest BCUT2D eigenvalue weighted by Gasteiger charge is -2.41. The summed E-state index contributed by atoms with van der Waals surface area (Å²) in [6.07, 6.45) is 4.09. The molecule has 1 fully saturated rings. The van der Waals surface area contributed by atoms with Crippen molar-refractivity contribution in [1.82, 2.24) is 4.72 Å². The Kier molecular flexibility index (Phi) is 4.60. The third-order valence-corrected chi connectivity index (χ3v) is 6.01. The first-order chi connectivity index (χ1) is 9.80. The molecule has 2 N–H and O–H groups in total. The van der Waals surface area contributed by atoms with E-state index in [0.717, 1.165) is 31.7 Å². The Balaban J connectivity index is 2.20. The number of carboxylic acid groups (broad SMARTS) is 1. The maximum Gasteiger partial charge on any atom is 0.337 e. The highest BCUT2D eigenvalue weighted by Gasteiger charge is 2.36. The molecule has 0 heterocycles. The topological polar surface area (TPSA) is 83.5 Å². The zero-order valence-corrected chi connectivity index (χ0v) is 13.3. The summed E-state index contributed by atoms with van der Waals surface area (Å²) in [5, 5.41) is 9.02. The van der Waals surface area contributed by atoms with Gasteiger partial charge in [-0.25, -0.2) is 17.9 Å². The fourth-order valence-corrected chi connectivity index (χ4v) is 3.88. The Labute approximate surface area is 129 Å². The number of rotatable bonds is 6. The molecule has 0 aromatic heterocycles. The Bertz CT molecular complexity index is 647. The minimum atomic E-state index is -3.72. The van der Waals surface area contributed by atoms with Gasteiger partial charge in [-0.1, -0.05) is 24.9 Å². The van der Waals surface area contributed by atoms with Gasteiger partial charge in [0.2, 0.25) is 10.0 Å². The van der Waals surface area contributed by atoms with Crippen LogP contribution in [-0.2, 0) is 10.0 Å². The van der Waals surface area contributed by atoms with Crippen LogP contribution in [0.5, 0.6) is 0 Å². The van der Waals surface area contributed by atoms with E-state index < -0.39 is 16.0 Å². The van der Waals surface area contributed by atoms with Crippen LogP contribution in [0.4, 0.5) is 0 Å². The van der Waals surface area contributed by atoms with Gasteiger partial charge in [-0.05, 0) is 42.9 Å². The predicted molar refractivity (Wildman–Crippen MR) is 80.2 cm³/mol. The molecule has 0 aliphatic heterocycles.